The Bertz CT molecular complexity index is 919. The van der Waals surface area contributed by atoms with Crippen LogP contribution in [0.15, 0.2) is 35.7 Å². The smallest absolute Gasteiger partial charge is 0.243 e. The Morgan fingerprint density at radius 3 is 2.77 bits per heavy atom. The van der Waals surface area contributed by atoms with Crippen molar-refractivity contribution in [1.29, 1.82) is 0 Å². The Morgan fingerprint density at radius 2 is 2.04 bits per heavy atom. The lowest BCUT2D eigenvalue weighted by atomic mass is 9.96. The van der Waals surface area contributed by atoms with Gasteiger partial charge in [-0.15, -0.1) is 22.7 Å². The molecule has 7 heteroatoms. The first kappa shape index (κ1) is 17.3. The molecule has 2 N–H and O–H groups in total. The van der Waals surface area contributed by atoms with Crippen molar-refractivity contribution in [2.75, 3.05) is 11.9 Å². The van der Waals surface area contributed by atoms with Gasteiger partial charge in [-0.1, -0.05) is 30.3 Å². The lowest BCUT2D eigenvalue weighted by Crippen LogP contribution is -2.35. The summed E-state index contributed by atoms with van der Waals surface area (Å²) in [7, 11) is 0. The number of aromatic nitrogens is 2. The number of nitrogens with one attached hydrogen (secondary N) is 2. The molecular formula is C19H20N4OS2. The van der Waals surface area contributed by atoms with Gasteiger partial charge in [-0.25, -0.2) is 9.97 Å². The molecule has 1 fully saturated rings. The normalized spacial score (nSPS) is 19.6. The molecule has 1 aliphatic rings. The Kier molecular flexibility index (Phi) is 4.84. The van der Waals surface area contributed by atoms with E-state index in [1.807, 2.05) is 37.4 Å². The quantitative estimate of drug-likeness (QED) is 0.714. The van der Waals surface area contributed by atoms with Crippen LogP contribution in [0.25, 0.3) is 10.6 Å². The molecule has 2 aromatic heterocycles. The second-order valence-electron chi connectivity index (χ2n) is 6.48. The van der Waals surface area contributed by atoms with Crippen molar-refractivity contribution in [1.82, 2.24) is 15.3 Å². The summed E-state index contributed by atoms with van der Waals surface area (Å²) in [5.74, 6) is 0.364. The molecule has 1 aliphatic heterocycles. The van der Waals surface area contributed by atoms with E-state index in [4.69, 9.17) is 0 Å². The molecule has 0 radical (unpaired) electrons. The molecule has 1 amide bonds. The van der Waals surface area contributed by atoms with Crippen LogP contribution in [0.5, 0.6) is 0 Å². The number of carbonyl (C=O) groups excluding carboxylic acids is 1. The Hall–Kier alpha value is -2.09. The van der Waals surface area contributed by atoms with Crippen LogP contribution in [0, 0.1) is 13.8 Å². The third-order valence-corrected chi connectivity index (χ3v) is 6.44. The summed E-state index contributed by atoms with van der Waals surface area (Å²) in [6, 6.07) is 10.2. The zero-order chi connectivity index (χ0) is 18.1. The molecule has 3 aromatic rings. The summed E-state index contributed by atoms with van der Waals surface area (Å²) in [5, 5.41) is 9.94. The monoisotopic (exact) mass is 384 g/mol. The van der Waals surface area contributed by atoms with E-state index in [-0.39, 0.29) is 11.9 Å². The third-order valence-electron chi connectivity index (χ3n) is 4.59. The zero-order valence-corrected chi connectivity index (χ0v) is 16.3. The summed E-state index contributed by atoms with van der Waals surface area (Å²) < 4.78 is 0. The van der Waals surface area contributed by atoms with Crippen molar-refractivity contribution >= 4 is 33.7 Å². The highest BCUT2D eigenvalue weighted by molar-refractivity contribution is 7.16. The molecule has 2 atom stereocenters. The van der Waals surface area contributed by atoms with Crippen LogP contribution in [0.3, 0.4) is 0 Å². The minimum atomic E-state index is -0.181. The second kappa shape index (κ2) is 7.26. The van der Waals surface area contributed by atoms with Gasteiger partial charge >= 0.3 is 0 Å². The standard InChI is InChI=1S/C19H20N4OS2/c1-11-17(26-12(2)21-11)16-10-25-19(22-16)23-18(24)15-8-14(9-20-15)13-6-4-3-5-7-13/h3-7,10,14-15,20H,8-9H2,1-2H3,(H,22,23,24)/t14-,15+/m1/s1. The number of carbonyl (C=O) groups is 1. The minimum absolute atomic E-state index is 0.0125. The maximum atomic E-state index is 12.6. The van der Waals surface area contributed by atoms with Crippen LogP contribution in [0.2, 0.25) is 0 Å². The molecule has 0 spiro atoms. The largest absolute Gasteiger partial charge is 0.305 e. The molecule has 1 aromatic carbocycles. The van der Waals surface area contributed by atoms with Crippen LogP contribution in [-0.4, -0.2) is 28.5 Å². The molecule has 0 bridgehead atoms. The second-order valence-corrected chi connectivity index (χ2v) is 8.54. The van der Waals surface area contributed by atoms with Crippen molar-refractivity contribution in [2.45, 2.75) is 32.2 Å². The molecule has 0 unspecified atom stereocenters. The number of anilines is 1. The Labute approximate surface area is 160 Å². The highest BCUT2D eigenvalue weighted by Crippen LogP contribution is 2.32. The van der Waals surface area contributed by atoms with E-state index in [9.17, 15) is 4.79 Å². The molecule has 0 aliphatic carbocycles. The van der Waals surface area contributed by atoms with Gasteiger partial charge in [0.25, 0.3) is 0 Å². The summed E-state index contributed by atoms with van der Waals surface area (Å²) >= 11 is 3.09. The Morgan fingerprint density at radius 1 is 1.23 bits per heavy atom. The van der Waals surface area contributed by atoms with Crippen LogP contribution >= 0.6 is 22.7 Å². The van der Waals surface area contributed by atoms with Gasteiger partial charge in [0.1, 0.15) is 0 Å². The number of amides is 1. The number of benzene rings is 1. The molecule has 4 rings (SSSR count). The maximum Gasteiger partial charge on any atom is 0.243 e. The zero-order valence-electron chi connectivity index (χ0n) is 14.7. The molecule has 1 saturated heterocycles. The van der Waals surface area contributed by atoms with E-state index < -0.39 is 0 Å². The third kappa shape index (κ3) is 3.56. The number of nitrogens with zero attached hydrogens (tertiary/aromatic N) is 2. The van der Waals surface area contributed by atoms with Crippen LogP contribution in [0.1, 0.15) is 28.6 Å². The van der Waals surface area contributed by atoms with Gasteiger partial charge in [-0.2, -0.15) is 0 Å². The highest BCUT2D eigenvalue weighted by atomic mass is 32.1. The van der Waals surface area contributed by atoms with Crippen LogP contribution < -0.4 is 10.6 Å². The fraction of sp³-hybridized carbons (Fsp3) is 0.316. The summed E-state index contributed by atoms with van der Waals surface area (Å²) in [6.07, 6.45) is 0.807. The van der Waals surface area contributed by atoms with E-state index in [1.54, 1.807) is 11.3 Å². The molecule has 5 nitrogen and oxygen atoms in total. The topological polar surface area (TPSA) is 66.9 Å². The minimum Gasteiger partial charge on any atom is -0.305 e. The van der Waals surface area contributed by atoms with Gasteiger partial charge in [-0.3, -0.25) is 4.79 Å². The predicted octanol–water partition coefficient (Wildman–Crippen LogP) is 3.97. The SMILES string of the molecule is Cc1nc(C)c(-c2csc(NC(=O)[C@@H]3C[C@@H](c4ccccc4)CN3)n2)s1. The van der Waals surface area contributed by atoms with E-state index in [1.165, 1.54) is 16.9 Å². The molecule has 3 heterocycles. The number of aryl methyl sites for hydroxylation is 2. The molecular weight excluding hydrogens is 364 g/mol. The van der Waals surface area contributed by atoms with Crippen LogP contribution in [0.4, 0.5) is 5.13 Å². The average molecular weight is 385 g/mol. The van der Waals surface area contributed by atoms with Gasteiger partial charge in [0.2, 0.25) is 5.91 Å². The predicted molar refractivity (Wildman–Crippen MR) is 107 cm³/mol. The lowest BCUT2D eigenvalue weighted by Gasteiger charge is -2.10. The first-order chi connectivity index (χ1) is 12.6. The van der Waals surface area contributed by atoms with Gasteiger partial charge in [0.15, 0.2) is 5.13 Å². The van der Waals surface area contributed by atoms with E-state index in [2.05, 4.69) is 32.7 Å². The first-order valence-electron chi connectivity index (χ1n) is 8.59. The van der Waals surface area contributed by atoms with E-state index in [0.717, 1.165) is 34.2 Å². The van der Waals surface area contributed by atoms with Crippen molar-refractivity contribution in [3.05, 3.63) is 52.0 Å². The Balaban J connectivity index is 1.41. The van der Waals surface area contributed by atoms with E-state index >= 15 is 0 Å². The first-order valence-corrected chi connectivity index (χ1v) is 10.3. The highest BCUT2D eigenvalue weighted by Gasteiger charge is 2.30. The summed E-state index contributed by atoms with van der Waals surface area (Å²) in [5.41, 5.74) is 3.15. The lowest BCUT2D eigenvalue weighted by molar-refractivity contribution is -0.117. The average Bonchev–Trinajstić information content (AvgIpc) is 3.35. The van der Waals surface area contributed by atoms with Gasteiger partial charge in [0.05, 0.1) is 27.3 Å². The molecule has 26 heavy (non-hydrogen) atoms. The number of hydrogen-bond acceptors (Lipinski definition) is 6. The van der Waals surface area contributed by atoms with Gasteiger partial charge in [0, 0.05) is 11.9 Å². The number of hydrogen-bond donors (Lipinski definition) is 2. The molecule has 134 valence electrons. The molecule has 0 saturated carbocycles. The van der Waals surface area contributed by atoms with Crippen molar-refractivity contribution < 1.29 is 4.79 Å². The van der Waals surface area contributed by atoms with Crippen molar-refractivity contribution in [3.63, 3.8) is 0 Å². The number of rotatable bonds is 4. The number of thiazole rings is 2. The van der Waals surface area contributed by atoms with Gasteiger partial charge < -0.3 is 10.6 Å². The van der Waals surface area contributed by atoms with E-state index in [0.29, 0.717) is 11.0 Å². The fourth-order valence-corrected chi connectivity index (χ4v) is 4.97. The summed E-state index contributed by atoms with van der Waals surface area (Å²) in [6.45, 7) is 4.80. The van der Waals surface area contributed by atoms with Gasteiger partial charge in [-0.05, 0) is 31.7 Å². The van der Waals surface area contributed by atoms with Crippen molar-refractivity contribution in [3.8, 4) is 10.6 Å². The van der Waals surface area contributed by atoms with Crippen LogP contribution in [-0.2, 0) is 4.79 Å². The fourth-order valence-electron chi connectivity index (χ4n) is 3.31. The van der Waals surface area contributed by atoms with Crippen molar-refractivity contribution in [2.24, 2.45) is 0 Å². The maximum absolute atomic E-state index is 12.6. The summed E-state index contributed by atoms with van der Waals surface area (Å²) in [4.78, 5) is 22.7.